The number of carbonyl (C=O) groups excluding carboxylic acids is 1. The van der Waals surface area contributed by atoms with Gasteiger partial charge in [-0.2, -0.15) is 0 Å². The average molecular weight is 264 g/mol. The molecule has 104 valence electrons. The van der Waals surface area contributed by atoms with E-state index in [9.17, 15) is 9.59 Å². The van der Waals surface area contributed by atoms with Gasteiger partial charge in [0, 0.05) is 6.04 Å². The predicted molar refractivity (Wildman–Crippen MR) is 72.3 cm³/mol. The maximum absolute atomic E-state index is 11.9. The van der Waals surface area contributed by atoms with Crippen LogP contribution in [0.5, 0.6) is 0 Å². The molecule has 1 rings (SSSR count). The molecule has 0 aliphatic rings. The van der Waals surface area contributed by atoms with Crippen LogP contribution in [0.2, 0.25) is 0 Å². The lowest BCUT2D eigenvalue weighted by atomic mass is 10.1. The topological polar surface area (TPSA) is 79.3 Å². The van der Waals surface area contributed by atoms with Gasteiger partial charge in [-0.3, -0.25) is 4.79 Å². The highest BCUT2D eigenvalue weighted by Crippen LogP contribution is 2.08. The van der Waals surface area contributed by atoms with Crippen LogP contribution in [-0.4, -0.2) is 28.0 Å². The summed E-state index contributed by atoms with van der Waals surface area (Å²) in [5, 5.41) is 11.8. The summed E-state index contributed by atoms with van der Waals surface area (Å²) in [7, 11) is 0. The van der Waals surface area contributed by atoms with Crippen LogP contribution in [0.1, 0.15) is 53.7 Å². The van der Waals surface area contributed by atoms with Gasteiger partial charge < -0.3 is 10.4 Å². The Balaban J connectivity index is 2.78. The van der Waals surface area contributed by atoms with Gasteiger partial charge in [0.05, 0.1) is 11.3 Å². The summed E-state index contributed by atoms with van der Waals surface area (Å²) in [6.07, 6.45) is 0.887. The lowest BCUT2D eigenvalue weighted by molar-refractivity contribution is 0.0694. The summed E-state index contributed by atoms with van der Waals surface area (Å²) >= 11 is 0. The third-order valence-electron chi connectivity index (χ3n) is 2.75. The number of nitrogens with one attached hydrogen (secondary N) is 1. The van der Waals surface area contributed by atoms with Crippen molar-refractivity contribution >= 4 is 11.9 Å². The van der Waals surface area contributed by atoms with Gasteiger partial charge in [-0.25, -0.2) is 9.78 Å². The van der Waals surface area contributed by atoms with Crippen LogP contribution in [0.3, 0.4) is 0 Å². The zero-order chi connectivity index (χ0) is 14.6. The van der Waals surface area contributed by atoms with Gasteiger partial charge in [-0.05, 0) is 38.3 Å². The number of hydrogen-bond donors (Lipinski definition) is 2. The summed E-state index contributed by atoms with van der Waals surface area (Å²) in [5.41, 5.74) is 0.710. The number of hydrogen-bond acceptors (Lipinski definition) is 3. The van der Waals surface area contributed by atoms with Gasteiger partial charge in [0.15, 0.2) is 0 Å². The maximum Gasteiger partial charge on any atom is 0.337 e. The van der Waals surface area contributed by atoms with Gasteiger partial charge in [-0.15, -0.1) is 0 Å². The quantitative estimate of drug-likeness (QED) is 0.855. The Morgan fingerprint density at radius 3 is 2.42 bits per heavy atom. The highest BCUT2D eigenvalue weighted by molar-refractivity contribution is 5.94. The van der Waals surface area contributed by atoms with Crippen molar-refractivity contribution in [3.05, 3.63) is 29.1 Å². The van der Waals surface area contributed by atoms with Crippen LogP contribution in [-0.2, 0) is 0 Å². The zero-order valence-electron chi connectivity index (χ0n) is 11.7. The lowest BCUT2D eigenvalue weighted by Crippen LogP contribution is -2.34. The molecule has 19 heavy (non-hydrogen) atoms. The molecule has 1 amide bonds. The number of amides is 1. The van der Waals surface area contributed by atoms with Gasteiger partial charge in [-0.1, -0.05) is 13.8 Å². The summed E-state index contributed by atoms with van der Waals surface area (Å²) < 4.78 is 0. The third-order valence-corrected chi connectivity index (χ3v) is 2.75. The Labute approximate surface area is 113 Å². The number of aromatic nitrogens is 1. The minimum Gasteiger partial charge on any atom is -0.478 e. The van der Waals surface area contributed by atoms with Crippen LogP contribution in [0.15, 0.2) is 12.1 Å². The number of nitrogens with zero attached hydrogens (tertiary/aromatic N) is 1. The smallest absolute Gasteiger partial charge is 0.337 e. The predicted octanol–water partition coefficient (Wildman–Crippen LogP) is 2.25. The summed E-state index contributed by atoms with van der Waals surface area (Å²) in [5.74, 6) is -0.808. The summed E-state index contributed by atoms with van der Waals surface area (Å²) in [4.78, 5) is 26.8. The molecule has 0 radical (unpaired) electrons. The van der Waals surface area contributed by atoms with Crippen molar-refractivity contribution in [2.24, 2.45) is 5.92 Å². The van der Waals surface area contributed by atoms with Crippen LogP contribution in [0.25, 0.3) is 0 Å². The van der Waals surface area contributed by atoms with Crippen molar-refractivity contribution in [1.29, 1.82) is 0 Å². The van der Waals surface area contributed by atoms with Crippen molar-refractivity contribution in [2.45, 2.75) is 40.2 Å². The first-order valence-corrected chi connectivity index (χ1v) is 6.33. The van der Waals surface area contributed by atoms with Crippen molar-refractivity contribution in [3.8, 4) is 0 Å². The van der Waals surface area contributed by atoms with E-state index in [0.29, 0.717) is 11.6 Å². The summed E-state index contributed by atoms with van der Waals surface area (Å²) in [6.45, 7) is 7.70. The van der Waals surface area contributed by atoms with E-state index in [1.54, 1.807) is 6.92 Å². The van der Waals surface area contributed by atoms with Crippen LogP contribution in [0, 0.1) is 12.8 Å². The molecule has 0 spiro atoms. The Bertz CT molecular complexity index is 484. The maximum atomic E-state index is 11.9. The van der Waals surface area contributed by atoms with Gasteiger partial charge in [0.25, 0.3) is 5.91 Å². The number of carbonyl (C=O) groups is 2. The summed E-state index contributed by atoms with van der Waals surface area (Å²) in [6, 6.07) is 2.91. The molecule has 0 aliphatic carbocycles. The van der Waals surface area contributed by atoms with Crippen LogP contribution < -0.4 is 5.32 Å². The molecule has 1 atom stereocenters. The zero-order valence-corrected chi connectivity index (χ0v) is 11.7. The highest BCUT2D eigenvalue weighted by atomic mass is 16.4. The number of pyridine rings is 1. The van der Waals surface area contributed by atoms with E-state index in [-0.39, 0.29) is 23.2 Å². The second kappa shape index (κ2) is 6.31. The number of carboxylic acid groups (broad SMARTS) is 1. The normalized spacial score (nSPS) is 12.3. The molecule has 5 nitrogen and oxygen atoms in total. The molecule has 0 aromatic carbocycles. The van der Waals surface area contributed by atoms with Crippen molar-refractivity contribution in [3.63, 3.8) is 0 Å². The fraction of sp³-hybridized carbons (Fsp3) is 0.500. The van der Waals surface area contributed by atoms with Gasteiger partial charge in [0.1, 0.15) is 5.69 Å². The minimum atomic E-state index is -1.04. The monoisotopic (exact) mass is 264 g/mol. The van der Waals surface area contributed by atoms with Gasteiger partial charge >= 0.3 is 5.97 Å². The van der Waals surface area contributed by atoms with E-state index < -0.39 is 5.97 Å². The first kappa shape index (κ1) is 15.1. The number of rotatable bonds is 5. The fourth-order valence-electron chi connectivity index (χ4n) is 1.98. The average Bonchev–Trinajstić information content (AvgIpc) is 2.26. The SMILES string of the molecule is Cc1nc(C(=O)NC(C)CC(C)C)ccc1C(=O)O. The Morgan fingerprint density at radius 1 is 1.32 bits per heavy atom. The molecule has 2 N–H and O–H groups in total. The second-order valence-electron chi connectivity index (χ2n) is 5.14. The van der Waals surface area contributed by atoms with Crippen molar-refractivity contribution < 1.29 is 14.7 Å². The second-order valence-corrected chi connectivity index (χ2v) is 5.14. The standard InChI is InChI=1S/C14H20N2O3/c1-8(2)7-9(3)15-13(17)12-6-5-11(14(18)19)10(4)16-12/h5-6,8-9H,7H2,1-4H3,(H,15,17)(H,18,19). The highest BCUT2D eigenvalue weighted by Gasteiger charge is 2.15. The van der Waals surface area contributed by atoms with Crippen molar-refractivity contribution in [1.82, 2.24) is 10.3 Å². The van der Waals surface area contributed by atoms with E-state index in [2.05, 4.69) is 24.1 Å². The van der Waals surface area contributed by atoms with E-state index in [1.165, 1.54) is 12.1 Å². The molecule has 0 saturated carbocycles. The molecular formula is C14H20N2O3. The molecule has 0 aliphatic heterocycles. The Morgan fingerprint density at radius 2 is 1.95 bits per heavy atom. The molecule has 0 fully saturated rings. The molecule has 1 aromatic heterocycles. The Hall–Kier alpha value is -1.91. The largest absolute Gasteiger partial charge is 0.478 e. The molecule has 0 bridgehead atoms. The van der Waals surface area contributed by atoms with Crippen LogP contribution >= 0.6 is 0 Å². The molecule has 0 saturated heterocycles. The molecule has 1 heterocycles. The number of carboxylic acids is 1. The molecule has 1 unspecified atom stereocenters. The van der Waals surface area contributed by atoms with Crippen LogP contribution in [0.4, 0.5) is 0 Å². The third kappa shape index (κ3) is 4.35. The minimum absolute atomic E-state index is 0.0637. The van der Waals surface area contributed by atoms with E-state index >= 15 is 0 Å². The number of aromatic carboxylic acids is 1. The first-order chi connectivity index (χ1) is 8.81. The number of aryl methyl sites for hydroxylation is 1. The Kier molecular flexibility index (Phi) is 5.03. The molecule has 1 aromatic rings. The van der Waals surface area contributed by atoms with E-state index in [4.69, 9.17) is 5.11 Å². The van der Waals surface area contributed by atoms with E-state index in [0.717, 1.165) is 6.42 Å². The molecule has 5 heteroatoms. The van der Waals surface area contributed by atoms with Gasteiger partial charge in [0.2, 0.25) is 0 Å². The van der Waals surface area contributed by atoms with E-state index in [1.807, 2.05) is 6.92 Å². The fourth-order valence-corrected chi connectivity index (χ4v) is 1.98. The lowest BCUT2D eigenvalue weighted by Gasteiger charge is -2.15. The molecular weight excluding hydrogens is 244 g/mol. The van der Waals surface area contributed by atoms with Crippen molar-refractivity contribution in [2.75, 3.05) is 0 Å². The first-order valence-electron chi connectivity index (χ1n) is 6.33.